The zero-order chi connectivity index (χ0) is 15.0. The number of aromatic hydroxyl groups is 1. The first-order valence-electron chi connectivity index (χ1n) is 6.80. The molecule has 0 aliphatic heterocycles. The first-order valence-corrected chi connectivity index (χ1v) is 7.59. The fourth-order valence-electron chi connectivity index (χ4n) is 2.18. The Labute approximate surface area is 129 Å². The monoisotopic (exact) mass is 345 g/mol. The molecule has 0 bridgehead atoms. The van der Waals surface area contributed by atoms with Gasteiger partial charge in [-0.3, -0.25) is 4.90 Å². The van der Waals surface area contributed by atoms with Gasteiger partial charge in [0.2, 0.25) is 0 Å². The molecule has 1 atom stereocenters. The normalized spacial score (nSPS) is 12.8. The van der Waals surface area contributed by atoms with Crippen molar-refractivity contribution in [3.63, 3.8) is 0 Å². The molecule has 0 saturated heterocycles. The Morgan fingerprint density at radius 2 is 1.90 bits per heavy atom. The molecule has 0 fully saturated rings. The number of phenols is 1. The average molecular weight is 346 g/mol. The van der Waals surface area contributed by atoms with Gasteiger partial charge in [-0.1, -0.05) is 15.9 Å². The predicted molar refractivity (Wildman–Crippen MR) is 84.2 cm³/mol. The summed E-state index contributed by atoms with van der Waals surface area (Å²) < 4.78 is 11.3. The number of benzene rings is 1. The van der Waals surface area contributed by atoms with E-state index in [-0.39, 0.29) is 6.04 Å². The number of hydrogen-bond donors (Lipinski definition) is 1. The van der Waals surface area contributed by atoms with E-state index in [0.29, 0.717) is 12.4 Å². The van der Waals surface area contributed by atoms with Gasteiger partial charge >= 0.3 is 0 Å². The molecule has 1 aromatic carbocycles. The van der Waals surface area contributed by atoms with E-state index >= 15 is 0 Å². The van der Waals surface area contributed by atoms with Crippen LogP contribution >= 0.6 is 15.9 Å². The van der Waals surface area contributed by atoms with Gasteiger partial charge in [0.25, 0.3) is 0 Å². The number of nitrogens with zero attached hydrogens (tertiary/aromatic N) is 1. The molecule has 5 heteroatoms. The van der Waals surface area contributed by atoms with Crippen LogP contribution in [0.3, 0.4) is 0 Å². The number of halogens is 1. The van der Waals surface area contributed by atoms with Gasteiger partial charge in [0.05, 0.1) is 6.61 Å². The smallest absolute Gasteiger partial charge is 0.120 e. The molecule has 1 N–H and O–H groups in total. The van der Waals surface area contributed by atoms with Gasteiger partial charge in [-0.05, 0) is 31.5 Å². The Morgan fingerprint density at radius 1 is 1.20 bits per heavy atom. The lowest BCUT2D eigenvalue weighted by Crippen LogP contribution is -2.32. The summed E-state index contributed by atoms with van der Waals surface area (Å²) >= 11 is 3.46. The van der Waals surface area contributed by atoms with Crippen molar-refractivity contribution < 1.29 is 14.6 Å². The van der Waals surface area contributed by atoms with E-state index in [4.69, 9.17) is 9.47 Å². The number of methoxy groups -OCH3 is 2. The second-order valence-electron chi connectivity index (χ2n) is 4.75. The van der Waals surface area contributed by atoms with E-state index in [9.17, 15) is 5.11 Å². The highest BCUT2D eigenvalue weighted by atomic mass is 79.9. The van der Waals surface area contributed by atoms with Crippen LogP contribution in [-0.2, 0) is 9.47 Å². The van der Waals surface area contributed by atoms with E-state index in [1.807, 2.05) is 12.1 Å². The molecule has 0 aliphatic rings. The van der Waals surface area contributed by atoms with Gasteiger partial charge in [-0.15, -0.1) is 0 Å². The second-order valence-corrected chi connectivity index (χ2v) is 5.67. The molecule has 0 radical (unpaired) electrons. The Morgan fingerprint density at radius 3 is 2.55 bits per heavy atom. The first-order chi connectivity index (χ1) is 9.60. The predicted octanol–water partition coefficient (Wildman–Crippen LogP) is 3.20. The summed E-state index contributed by atoms with van der Waals surface area (Å²) in [6.07, 6.45) is 0.958. The van der Waals surface area contributed by atoms with Gasteiger partial charge in [-0.2, -0.15) is 0 Å². The molecule has 0 amide bonds. The third-order valence-corrected chi connectivity index (χ3v) is 3.86. The minimum absolute atomic E-state index is 0.125. The molecule has 1 rings (SSSR count). The zero-order valence-corrected chi connectivity index (χ0v) is 14.0. The Hall–Kier alpha value is -0.620. The quantitative estimate of drug-likeness (QED) is 0.698. The van der Waals surface area contributed by atoms with Crippen LogP contribution in [0.1, 0.15) is 24.9 Å². The van der Waals surface area contributed by atoms with E-state index in [2.05, 4.69) is 27.8 Å². The van der Waals surface area contributed by atoms with Gasteiger partial charge in [0.1, 0.15) is 5.75 Å². The molecule has 1 unspecified atom stereocenters. The maximum Gasteiger partial charge on any atom is 0.120 e. The lowest BCUT2D eigenvalue weighted by molar-refractivity contribution is 0.110. The van der Waals surface area contributed by atoms with Crippen molar-refractivity contribution >= 4 is 15.9 Å². The van der Waals surface area contributed by atoms with Crippen molar-refractivity contribution in [3.8, 4) is 5.75 Å². The molecule has 1 aromatic rings. The van der Waals surface area contributed by atoms with Crippen molar-refractivity contribution in [2.24, 2.45) is 0 Å². The number of rotatable bonds is 9. The highest BCUT2D eigenvalue weighted by molar-refractivity contribution is 9.10. The molecular formula is C15H24BrNO3. The molecule has 114 valence electrons. The maximum atomic E-state index is 10.0. The van der Waals surface area contributed by atoms with Crippen molar-refractivity contribution in [1.29, 1.82) is 0 Å². The molecule has 0 heterocycles. The Kier molecular flexibility index (Phi) is 8.14. The van der Waals surface area contributed by atoms with E-state index < -0.39 is 0 Å². The summed E-state index contributed by atoms with van der Waals surface area (Å²) in [5.41, 5.74) is 0.924. The van der Waals surface area contributed by atoms with Gasteiger partial charge in [-0.25, -0.2) is 0 Å². The summed E-state index contributed by atoms with van der Waals surface area (Å²) in [4.78, 5) is 2.30. The van der Waals surface area contributed by atoms with Gasteiger partial charge in [0, 0.05) is 50.0 Å². The lowest BCUT2D eigenvalue weighted by atomic mass is 10.1. The lowest BCUT2D eigenvalue weighted by Gasteiger charge is -2.29. The molecule has 0 aromatic heterocycles. The average Bonchev–Trinajstić information content (AvgIpc) is 2.44. The fraction of sp³-hybridized carbons (Fsp3) is 0.600. The minimum atomic E-state index is 0.125. The summed E-state index contributed by atoms with van der Waals surface area (Å²) in [6.45, 7) is 5.24. The van der Waals surface area contributed by atoms with Crippen LogP contribution in [0.5, 0.6) is 5.75 Å². The van der Waals surface area contributed by atoms with Gasteiger partial charge < -0.3 is 14.6 Å². The largest absolute Gasteiger partial charge is 0.508 e. The van der Waals surface area contributed by atoms with Crippen molar-refractivity contribution in [1.82, 2.24) is 4.90 Å². The second kappa shape index (κ2) is 9.34. The highest BCUT2D eigenvalue weighted by Gasteiger charge is 2.18. The molecule has 20 heavy (non-hydrogen) atoms. The van der Waals surface area contributed by atoms with Crippen LogP contribution in [-0.4, -0.2) is 50.5 Å². The molecule has 0 aliphatic carbocycles. The van der Waals surface area contributed by atoms with Crippen molar-refractivity contribution in [2.75, 3.05) is 40.5 Å². The van der Waals surface area contributed by atoms with Crippen LogP contribution in [0.4, 0.5) is 0 Å². The van der Waals surface area contributed by atoms with E-state index in [1.165, 1.54) is 0 Å². The number of hydrogen-bond acceptors (Lipinski definition) is 4. The molecule has 4 nitrogen and oxygen atoms in total. The Balaban J connectivity index is 2.78. The van der Waals surface area contributed by atoms with Crippen molar-refractivity contribution in [2.45, 2.75) is 19.4 Å². The third kappa shape index (κ3) is 5.40. The fourth-order valence-corrected chi connectivity index (χ4v) is 2.56. The number of ether oxygens (including phenoxy) is 2. The first kappa shape index (κ1) is 17.4. The van der Waals surface area contributed by atoms with Crippen LogP contribution in [0.2, 0.25) is 0 Å². The van der Waals surface area contributed by atoms with E-state index in [1.54, 1.807) is 20.3 Å². The van der Waals surface area contributed by atoms with Gasteiger partial charge in [0.15, 0.2) is 0 Å². The minimum Gasteiger partial charge on any atom is -0.508 e. The SMILES string of the molecule is COCCCN(CCOC)C(C)c1cc(Br)ccc1O. The van der Waals surface area contributed by atoms with Crippen LogP contribution < -0.4 is 0 Å². The summed E-state index contributed by atoms with van der Waals surface area (Å²) in [5.74, 6) is 0.329. The topological polar surface area (TPSA) is 41.9 Å². The standard InChI is InChI=1S/C15H24BrNO3/c1-12(14-11-13(16)5-6-15(14)18)17(8-10-20-3)7-4-9-19-2/h5-6,11-12,18H,4,7-10H2,1-3H3. The molecular weight excluding hydrogens is 322 g/mol. The van der Waals surface area contributed by atoms with E-state index in [0.717, 1.165) is 36.2 Å². The Bertz CT molecular complexity index is 401. The third-order valence-electron chi connectivity index (χ3n) is 3.36. The number of phenolic OH excluding ortho intramolecular Hbond substituents is 1. The molecule has 0 saturated carbocycles. The summed E-state index contributed by atoms with van der Waals surface area (Å²) in [5, 5.41) is 10.0. The van der Waals surface area contributed by atoms with Crippen LogP contribution in [0.25, 0.3) is 0 Å². The van der Waals surface area contributed by atoms with Crippen LogP contribution in [0.15, 0.2) is 22.7 Å². The molecule has 0 spiro atoms. The maximum absolute atomic E-state index is 10.0. The highest BCUT2D eigenvalue weighted by Crippen LogP contribution is 2.31. The zero-order valence-electron chi connectivity index (χ0n) is 12.4. The summed E-state index contributed by atoms with van der Waals surface area (Å²) in [7, 11) is 3.41. The van der Waals surface area contributed by atoms with Crippen LogP contribution in [0, 0.1) is 0 Å². The summed E-state index contributed by atoms with van der Waals surface area (Å²) in [6, 6.07) is 5.66. The van der Waals surface area contributed by atoms with Crippen molar-refractivity contribution in [3.05, 3.63) is 28.2 Å².